The molecule has 1 aromatic heterocycles. The number of rotatable bonds is 2. The first-order chi connectivity index (χ1) is 7.98. The lowest BCUT2D eigenvalue weighted by Crippen LogP contribution is -2.12. The van der Waals surface area contributed by atoms with Gasteiger partial charge in [0.05, 0.1) is 4.90 Å². The summed E-state index contributed by atoms with van der Waals surface area (Å²) in [5.41, 5.74) is 6.85. The van der Waals surface area contributed by atoms with Crippen LogP contribution in [0.4, 0.5) is 5.82 Å². The smallest absolute Gasteiger partial charge is 0.238 e. The summed E-state index contributed by atoms with van der Waals surface area (Å²) in [7, 11) is -3.73. The SMILES string of the molecule is Nc1ncncc1-c1cccc(S(N)(=O)=O)c1. The largest absolute Gasteiger partial charge is 0.383 e. The van der Waals surface area contributed by atoms with Crippen molar-refractivity contribution < 1.29 is 8.42 Å². The molecule has 2 rings (SSSR count). The van der Waals surface area contributed by atoms with E-state index in [0.717, 1.165) is 0 Å². The molecule has 0 saturated carbocycles. The Kier molecular flexibility index (Phi) is 2.78. The van der Waals surface area contributed by atoms with E-state index in [4.69, 9.17) is 10.9 Å². The predicted octanol–water partition coefficient (Wildman–Crippen LogP) is 0.373. The normalized spacial score (nSPS) is 11.4. The number of sulfonamides is 1. The van der Waals surface area contributed by atoms with Crippen LogP contribution in [0, 0.1) is 0 Å². The Morgan fingerprint density at radius 2 is 2.00 bits per heavy atom. The van der Waals surface area contributed by atoms with E-state index in [9.17, 15) is 8.42 Å². The zero-order chi connectivity index (χ0) is 12.5. The zero-order valence-corrected chi connectivity index (χ0v) is 9.55. The van der Waals surface area contributed by atoms with Gasteiger partial charge >= 0.3 is 0 Å². The van der Waals surface area contributed by atoms with Crippen LogP contribution in [0.5, 0.6) is 0 Å². The molecule has 0 radical (unpaired) electrons. The highest BCUT2D eigenvalue weighted by molar-refractivity contribution is 7.89. The first kappa shape index (κ1) is 11.5. The molecule has 0 amide bonds. The van der Waals surface area contributed by atoms with Crippen molar-refractivity contribution in [2.75, 3.05) is 5.73 Å². The second-order valence-electron chi connectivity index (χ2n) is 3.39. The Morgan fingerprint density at radius 1 is 1.24 bits per heavy atom. The molecule has 1 aromatic carbocycles. The monoisotopic (exact) mass is 250 g/mol. The number of nitrogen functional groups attached to an aromatic ring is 1. The highest BCUT2D eigenvalue weighted by Gasteiger charge is 2.10. The van der Waals surface area contributed by atoms with Crippen molar-refractivity contribution in [3.63, 3.8) is 0 Å². The molecule has 17 heavy (non-hydrogen) atoms. The molecule has 0 aliphatic heterocycles. The molecule has 0 atom stereocenters. The van der Waals surface area contributed by atoms with Gasteiger partial charge in [0.15, 0.2) is 0 Å². The van der Waals surface area contributed by atoms with Crippen LogP contribution in [0.1, 0.15) is 0 Å². The first-order valence-corrected chi connectivity index (χ1v) is 6.22. The van der Waals surface area contributed by atoms with Crippen molar-refractivity contribution in [3.05, 3.63) is 36.8 Å². The summed E-state index contributed by atoms with van der Waals surface area (Å²) < 4.78 is 22.4. The van der Waals surface area contributed by atoms with E-state index in [1.807, 2.05) is 0 Å². The van der Waals surface area contributed by atoms with Crippen LogP contribution in [0.25, 0.3) is 11.1 Å². The van der Waals surface area contributed by atoms with Gasteiger partial charge in [0.25, 0.3) is 0 Å². The molecule has 0 saturated heterocycles. The zero-order valence-electron chi connectivity index (χ0n) is 8.74. The number of primary sulfonamides is 1. The second-order valence-corrected chi connectivity index (χ2v) is 4.96. The Bertz CT molecular complexity index is 655. The van der Waals surface area contributed by atoms with Crippen LogP contribution in [0.15, 0.2) is 41.7 Å². The van der Waals surface area contributed by atoms with Gasteiger partial charge in [-0.3, -0.25) is 0 Å². The molecule has 0 aliphatic rings. The van der Waals surface area contributed by atoms with Crippen molar-refractivity contribution in [2.45, 2.75) is 4.90 Å². The van der Waals surface area contributed by atoms with E-state index in [2.05, 4.69) is 9.97 Å². The maximum absolute atomic E-state index is 11.2. The van der Waals surface area contributed by atoms with E-state index >= 15 is 0 Å². The quantitative estimate of drug-likeness (QED) is 0.799. The standard InChI is InChI=1S/C10H10N4O2S/c11-10-9(5-13-6-14-10)7-2-1-3-8(4-7)17(12,15)16/h1-6H,(H2,11,13,14)(H2,12,15,16). The molecule has 0 unspecified atom stereocenters. The molecule has 0 fully saturated rings. The van der Waals surface area contributed by atoms with Crippen molar-refractivity contribution in [3.8, 4) is 11.1 Å². The molecule has 7 heteroatoms. The first-order valence-electron chi connectivity index (χ1n) is 4.67. The van der Waals surface area contributed by atoms with Gasteiger partial charge in [-0.1, -0.05) is 12.1 Å². The number of aromatic nitrogens is 2. The lowest BCUT2D eigenvalue weighted by Gasteiger charge is -2.05. The summed E-state index contributed by atoms with van der Waals surface area (Å²) in [6.07, 6.45) is 2.84. The highest BCUT2D eigenvalue weighted by atomic mass is 32.2. The number of hydrogen-bond acceptors (Lipinski definition) is 5. The molecular weight excluding hydrogens is 240 g/mol. The van der Waals surface area contributed by atoms with Crippen LogP contribution in [-0.2, 0) is 10.0 Å². The third-order valence-corrected chi connectivity index (χ3v) is 3.13. The Labute approximate surface area is 98.4 Å². The van der Waals surface area contributed by atoms with Gasteiger partial charge < -0.3 is 5.73 Å². The van der Waals surface area contributed by atoms with Gasteiger partial charge in [-0.2, -0.15) is 0 Å². The fourth-order valence-corrected chi connectivity index (χ4v) is 1.96. The average molecular weight is 250 g/mol. The molecule has 88 valence electrons. The van der Waals surface area contributed by atoms with Gasteiger partial charge in [-0.25, -0.2) is 23.5 Å². The minimum Gasteiger partial charge on any atom is -0.383 e. The van der Waals surface area contributed by atoms with Gasteiger partial charge in [0.2, 0.25) is 10.0 Å². The van der Waals surface area contributed by atoms with Crippen molar-refractivity contribution in [1.82, 2.24) is 9.97 Å². The molecule has 1 heterocycles. The lowest BCUT2D eigenvalue weighted by molar-refractivity contribution is 0.598. The van der Waals surface area contributed by atoms with Gasteiger partial charge in [-0.05, 0) is 17.7 Å². The lowest BCUT2D eigenvalue weighted by atomic mass is 10.1. The molecular formula is C10H10N4O2S. The minimum absolute atomic E-state index is 0.0262. The van der Waals surface area contributed by atoms with Gasteiger partial charge in [0, 0.05) is 11.8 Å². The fraction of sp³-hybridized carbons (Fsp3) is 0. The molecule has 6 nitrogen and oxygen atoms in total. The summed E-state index contributed by atoms with van der Waals surface area (Å²) in [6.45, 7) is 0. The molecule has 4 N–H and O–H groups in total. The number of benzene rings is 1. The maximum Gasteiger partial charge on any atom is 0.238 e. The van der Waals surface area contributed by atoms with Gasteiger partial charge in [0.1, 0.15) is 12.1 Å². The average Bonchev–Trinajstić information content (AvgIpc) is 2.29. The maximum atomic E-state index is 11.2. The van der Waals surface area contributed by atoms with E-state index in [0.29, 0.717) is 11.1 Å². The summed E-state index contributed by atoms with van der Waals surface area (Å²) in [4.78, 5) is 7.70. The van der Waals surface area contributed by atoms with Crippen LogP contribution < -0.4 is 10.9 Å². The van der Waals surface area contributed by atoms with Gasteiger partial charge in [-0.15, -0.1) is 0 Å². The van der Waals surface area contributed by atoms with Crippen molar-refractivity contribution in [1.29, 1.82) is 0 Å². The van der Waals surface area contributed by atoms with E-state index < -0.39 is 10.0 Å². The second kappa shape index (κ2) is 4.11. The van der Waals surface area contributed by atoms with Crippen LogP contribution in [-0.4, -0.2) is 18.4 Å². The van der Waals surface area contributed by atoms with E-state index in [1.165, 1.54) is 24.7 Å². The van der Waals surface area contributed by atoms with Crippen molar-refractivity contribution in [2.24, 2.45) is 5.14 Å². The third kappa shape index (κ3) is 2.40. The Balaban J connectivity index is 2.59. The molecule has 2 aromatic rings. The number of nitrogens with zero attached hydrogens (tertiary/aromatic N) is 2. The Morgan fingerprint density at radius 3 is 2.65 bits per heavy atom. The summed E-state index contributed by atoms with van der Waals surface area (Å²) >= 11 is 0. The topological polar surface area (TPSA) is 112 Å². The number of nitrogens with two attached hydrogens (primary N) is 2. The minimum atomic E-state index is -3.73. The van der Waals surface area contributed by atoms with Crippen LogP contribution in [0.2, 0.25) is 0 Å². The number of hydrogen-bond donors (Lipinski definition) is 2. The van der Waals surface area contributed by atoms with E-state index in [1.54, 1.807) is 12.1 Å². The predicted molar refractivity (Wildman–Crippen MR) is 63.3 cm³/mol. The van der Waals surface area contributed by atoms with E-state index in [-0.39, 0.29) is 10.7 Å². The summed E-state index contributed by atoms with van der Waals surface area (Å²) in [6, 6.07) is 6.15. The van der Waals surface area contributed by atoms with Crippen LogP contribution in [0.3, 0.4) is 0 Å². The molecule has 0 spiro atoms. The number of anilines is 1. The van der Waals surface area contributed by atoms with Crippen molar-refractivity contribution >= 4 is 15.8 Å². The Hall–Kier alpha value is -1.99. The van der Waals surface area contributed by atoms with Crippen LogP contribution >= 0.6 is 0 Å². The summed E-state index contributed by atoms with van der Waals surface area (Å²) in [5.74, 6) is 0.284. The summed E-state index contributed by atoms with van der Waals surface area (Å²) in [5, 5.41) is 5.05. The third-order valence-electron chi connectivity index (χ3n) is 2.22. The molecule has 0 aliphatic carbocycles. The highest BCUT2D eigenvalue weighted by Crippen LogP contribution is 2.24. The fourth-order valence-electron chi connectivity index (χ4n) is 1.40. The molecule has 0 bridgehead atoms.